The van der Waals surface area contributed by atoms with Crippen LogP contribution in [-0.2, 0) is 29.2 Å². The average Bonchev–Trinajstić information content (AvgIpc) is 2.88. The van der Waals surface area contributed by atoms with Crippen LogP contribution in [0.5, 0.6) is 0 Å². The minimum atomic E-state index is -4.24. The molecule has 0 radical (unpaired) electrons. The lowest BCUT2D eigenvalue weighted by Crippen LogP contribution is -2.04. The summed E-state index contributed by atoms with van der Waals surface area (Å²) in [6.45, 7) is 4.68. The van der Waals surface area contributed by atoms with Crippen LogP contribution in [0.2, 0.25) is 0 Å². The zero-order chi connectivity index (χ0) is 30.2. The highest BCUT2D eigenvalue weighted by atomic mass is 32.3. The zero-order valence-electron chi connectivity index (χ0n) is 26.0. The molecule has 2 N–H and O–H groups in total. The zero-order valence-corrected chi connectivity index (χ0v) is 27.6. The maximum atomic E-state index is 10.3. The molecule has 0 atom stereocenters. The summed E-state index contributed by atoms with van der Waals surface area (Å²) in [5.74, 6) is 0. The summed E-state index contributed by atoms with van der Waals surface area (Å²) in [5.41, 5.74) is 0. The van der Waals surface area contributed by atoms with Crippen LogP contribution in [0.3, 0.4) is 0 Å². The summed E-state index contributed by atoms with van der Waals surface area (Å²) in [6.07, 6.45) is 32.3. The maximum Gasteiger partial charge on any atom is 0.397 e. The van der Waals surface area contributed by atoms with Crippen LogP contribution in [0.1, 0.15) is 181 Å². The lowest BCUT2D eigenvalue weighted by molar-refractivity contribution is 0.260. The first-order valence-electron chi connectivity index (χ1n) is 16.4. The second-order valence-electron chi connectivity index (χ2n) is 11.0. The molecule has 0 fully saturated rings. The van der Waals surface area contributed by atoms with Crippen molar-refractivity contribution in [3.8, 4) is 0 Å². The molecule has 0 unspecified atom stereocenters. The van der Waals surface area contributed by atoms with Crippen molar-refractivity contribution in [2.24, 2.45) is 0 Å². The molecule has 0 rings (SSSR count). The van der Waals surface area contributed by atoms with Gasteiger partial charge in [0.05, 0.1) is 13.2 Å². The smallest absolute Gasteiger partial charge is 0.264 e. The summed E-state index contributed by atoms with van der Waals surface area (Å²) in [7, 11) is -8.48. The highest BCUT2D eigenvalue weighted by molar-refractivity contribution is 7.81. The van der Waals surface area contributed by atoms with Gasteiger partial charge in [0.25, 0.3) is 0 Å². The number of rotatable bonds is 30. The van der Waals surface area contributed by atoms with E-state index in [0.29, 0.717) is 12.8 Å². The van der Waals surface area contributed by atoms with Gasteiger partial charge in [-0.05, 0) is 12.8 Å². The van der Waals surface area contributed by atoms with Crippen LogP contribution in [0, 0.1) is 0 Å². The van der Waals surface area contributed by atoms with Crippen molar-refractivity contribution in [2.45, 2.75) is 181 Å². The summed E-state index contributed by atoms with van der Waals surface area (Å²) in [6, 6.07) is 0. The topological polar surface area (TPSA) is 127 Å². The van der Waals surface area contributed by atoms with Crippen LogP contribution in [-0.4, -0.2) is 39.2 Å². The van der Waals surface area contributed by atoms with E-state index in [1.165, 1.54) is 128 Å². The molecule has 244 valence electrons. The van der Waals surface area contributed by atoms with E-state index in [1.807, 2.05) is 0 Å². The first-order chi connectivity index (χ1) is 19.1. The Kier molecular flexibility index (Phi) is 33.2. The normalized spacial score (nSPS) is 11.9. The highest BCUT2D eigenvalue weighted by Gasteiger charge is 2.03. The Morgan fingerprint density at radius 1 is 0.350 bits per heavy atom. The Bertz CT molecular complexity index is 696. The molecule has 0 bridgehead atoms. The van der Waals surface area contributed by atoms with E-state index < -0.39 is 20.8 Å². The summed E-state index contributed by atoms with van der Waals surface area (Å²) >= 11 is 0. The minimum absolute atomic E-state index is 0.0935. The van der Waals surface area contributed by atoms with Crippen LogP contribution in [0.25, 0.3) is 0 Å². The van der Waals surface area contributed by atoms with Crippen LogP contribution in [0.15, 0.2) is 0 Å². The Balaban J connectivity index is 0. The largest absolute Gasteiger partial charge is 0.397 e. The minimum Gasteiger partial charge on any atom is -0.264 e. The first-order valence-corrected chi connectivity index (χ1v) is 19.1. The van der Waals surface area contributed by atoms with Crippen LogP contribution in [0.4, 0.5) is 0 Å². The molecule has 0 aromatic heterocycles. The van der Waals surface area contributed by atoms with E-state index in [9.17, 15) is 16.8 Å². The maximum absolute atomic E-state index is 10.3. The monoisotopic (exact) mass is 616 g/mol. The van der Waals surface area contributed by atoms with E-state index in [0.717, 1.165) is 25.7 Å². The van der Waals surface area contributed by atoms with Gasteiger partial charge in [0.1, 0.15) is 0 Å². The molecule has 0 heterocycles. The van der Waals surface area contributed by atoms with Crippen molar-refractivity contribution in [1.82, 2.24) is 0 Å². The van der Waals surface area contributed by atoms with E-state index in [1.54, 1.807) is 0 Å². The first kappa shape index (κ1) is 41.9. The standard InChI is InChI=1S/C16H34O4S.C14H30O4S/c1-2-3-4-5-6-7-8-9-10-11-12-13-14-15-16-20-21(17,18)19;1-2-3-4-5-6-7-8-9-10-11-12-13-14-18-19(15,16)17/h2-16H2,1H3,(H,17,18,19);2-14H2,1H3,(H,15,16,17). The molecule has 0 aliphatic carbocycles. The number of unbranched alkanes of at least 4 members (excludes halogenated alkanes) is 24. The molecule has 0 spiro atoms. The predicted octanol–water partition coefficient (Wildman–Crippen LogP) is 9.79. The molecule has 40 heavy (non-hydrogen) atoms. The van der Waals surface area contributed by atoms with Crippen molar-refractivity contribution >= 4 is 20.8 Å². The third kappa shape index (κ3) is 44.7. The fraction of sp³-hybridized carbons (Fsp3) is 1.00. The Morgan fingerprint density at radius 2 is 0.525 bits per heavy atom. The van der Waals surface area contributed by atoms with Crippen molar-refractivity contribution in [2.75, 3.05) is 13.2 Å². The van der Waals surface area contributed by atoms with Gasteiger partial charge in [-0.15, -0.1) is 0 Å². The molecular weight excluding hydrogens is 552 g/mol. The molecule has 0 aromatic rings. The molecule has 10 heteroatoms. The van der Waals surface area contributed by atoms with Gasteiger partial charge in [-0.1, -0.05) is 168 Å². The third-order valence-electron chi connectivity index (χ3n) is 6.96. The van der Waals surface area contributed by atoms with E-state index in [4.69, 9.17) is 9.11 Å². The van der Waals surface area contributed by atoms with Gasteiger partial charge in [0.15, 0.2) is 0 Å². The second-order valence-corrected chi connectivity index (χ2v) is 13.2. The van der Waals surface area contributed by atoms with E-state index >= 15 is 0 Å². The highest BCUT2D eigenvalue weighted by Crippen LogP contribution is 2.14. The molecule has 0 saturated carbocycles. The quantitative estimate of drug-likeness (QED) is 0.0603. The Hall–Kier alpha value is -0.260. The molecule has 0 amide bonds. The Morgan fingerprint density at radius 3 is 0.700 bits per heavy atom. The second kappa shape index (κ2) is 31.7. The molecule has 0 aliphatic heterocycles. The third-order valence-corrected chi connectivity index (χ3v) is 7.89. The van der Waals surface area contributed by atoms with Gasteiger partial charge >= 0.3 is 20.8 Å². The van der Waals surface area contributed by atoms with Gasteiger partial charge < -0.3 is 0 Å². The predicted molar refractivity (Wildman–Crippen MR) is 166 cm³/mol. The Labute approximate surface area is 248 Å². The summed E-state index contributed by atoms with van der Waals surface area (Å²) in [5, 5.41) is 0. The lowest BCUT2D eigenvalue weighted by atomic mass is 10.0. The molecule has 0 aliphatic rings. The molecular formula is C30H64O8S2. The summed E-state index contributed by atoms with van der Waals surface area (Å²) < 4.78 is 66.4. The molecule has 8 nitrogen and oxygen atoms in total. The fourth-order valence-corrected chi connectivity index (χ4v) is 5.23. The summed E-state index contributed by atoms with van der Waals surface area (Å²) in [4.78, 5) is 0. The van der Waals surface area contributed by atoms with Gasteiger partial charge in [-0.25, -0.2) is 8.37 Å². The SMILES string of the molecule is CCCCCCCCCCCCCCCCOS(=O)(=O)O.CCCCCCCCCCCCCCOS(=O)(=O)O. The molecule has 0 aromatic carbocycles. The fourth-order valence-electron chi connectivity index (χ4n) is 4.57. The van der Waals surface area contributed by atoms with Gasteiger partial charge in [-0.2, -0.15) is 16.8 Å². The lowest BCUT2D eigenvalue weighted by Gasteiger charge is -2.03. The van der Waals surface area contributed by atoms with Crippen LogP contribution >= 0.6 is 0 Å². The van der Waals surface area contributed by atoms with Crippen molar-refractivity contribution < 1.29 is 34.3 Å². The molecule has 0 saturated heterocycles. The van der Waals surface area contributed by atoms with Crippen LogP contribution < -0.4 is 0 Å². The average molecular weight is 617 g/mol. The van der Waals surface area contributed by atoms with Gasteiger partial charge in [0.2, 0.25) is 0 Å². The van der Waals surface area contributed by atoms with E-state index in [2.05, 4.69) is 22.2 Å². The van der Waals surface area contributed by atoms with E-state index in [-0.39, 0.29) is 13.2 Å². The van der Waals surface area contributed by atoms with Crippen molar-refractivity contribution in [3.05, 3.63) is 0 Å². The number of hydrogen-bond acceptors (Lipinski definition) is 6. The van der Waals surface area contributed by atoms with Crippen molar-refractivity contribution in [3.63, 3.8) is 0 Å². The van der Waals surface area contributed by atoms with Gasteiger partial charge in [0, 0.05) is 0 Å². The van der Waals surface area contributed by atoms with Crippen molar-refractivity contribution in [1.29, 1.82) is 0 Å². The van der Waals surface area contributed by atoms with Gasteiger partial charge in [-0.3, -0.25) is 9.11 Å². The number of hydrogen-bond donors (Lipinski definition) is 2.